The Morgan fingerprint density at radius 3 is 2.85 bits per heavy atom. The quantitative estimate of drug-likeness (QED) is 0.821. The molecule has 5 heteroatoms. The van der Waals surface area contributed by atoms with Crippen LogP contribution in [-0.2, 0) is 13.0 Å². The molecular formula is C15H11Cl2FO2. The van der Waals surface area contributed by atoms with Crippen LogP contribution in [0.3, 0.4) is 0 Å². The Morgan fingerprint density at radius 1 is 1.20 bits per heavy atom. The summed E-state index contributed by atoms with van der Waals surface area (Å²) in [6.45, 7) is 0.919. The molecule has 0 radical (unpaired) electrons. The number of fused-ring (bicyclic) bond motifs is 1. The Bertz CT molecular complexity index is 659. The zero-order valence-corrected chi connectivity index (χ0v) is 12.0. The fourth-order valence-electron chi connectivity index (χ4n) is 2.18. The minimum Gasteiger partial charge on any atom is -0.493 e. The lowest BCUT2D eigenvalue weighted by atomic mass is 10.1. The first kappa shape index (κ1) is 13.5. The average Bonchev–Trinajstić information content (AvgIpc) is 2.88. The van der Waals surface area contributed by atoms with Gasteiger partial charge in [-0.1, -0.05) is 23.2 Å². The van der Waals surface area contributed by atoms with Crippen molar-refractivity contribution in [1.29, 1.82) is 0 Å². The molecule has 2 nitrogen and oxygen atoms in total. The van der Waals surface area contributed by atoms with Crippen molar-refractivity contribution in [2.75, 3.05) is 6.61 Å². The molecule has 0 bridgehead atoms. The van der Waals surface area contributed by atoms with Gasteiger partial charge in [-0.3, -0.25) is 0 Å². The van der Waals surface area contributed by atoms with Gasteiger partial charge >= 0.3 is 0 Å². The molecule has 20 heavy (non-hydrogen) atoms. The van der Waals surface area contributed by atoms with Crippen molar-refractivity contribution < 1.29 is 13.9 Å². The van der Waals surface area contributed by atoms with Crippen LogP contribution in [0, 0.1) is 5.82 Å². The second kappa shape index (κ2) is 5.51. The van der Waals surface area contributed by atoms with Gasteiger partial charge in [0.1, 0.15) is 23.9 Å². The molecular weight excluding hydrogens is 302 g/mol. The van der Waals surface area contributed by atoms with Gasteiger partial charge < -0.3 is 9.47 Å². The van der Waals surface area contributed by atoms with Crippen LogP contribution in [0.1, 0.15) is 11.1 Å². The number of rotatable bonds is 3. The Hall–Kier alpha value is -1.45. The normalized spacial score (nSPS) is 12.9. The van der Waals surface area contributed by atoms with E-state index in [1.165, 1.54) is 12.1 Å². The highest BCUT2D eigenvalue weighted by molar-refractivity contribution is 6.31. The predicted octanol–water partition coefficient (Wildman–Crippen LogP) is 4.65. The molecule has 0 aliphatic carbocycles. The van der Waals surface area contributed by atoms with E-state index in [0.29, 0.717) is 17.4 Å². The second-order valence-electron chi connectivity index (χ2n) is 4.52. The first-order valence-electron chi connectivity index (χ1n) is 6.15. The maximum absolute atomic E-state index is 13.3. The van der Waals surface area contributed by atoms with E-state index >= 15 is 0 Å². The van der Waals surface area contributed by atoms with Crippen molar-refractivity contribution in [2.24, 2.45) is 0 Å². The molecule has 1 aliphatic rings. The molecule has 0 aromatic heterocycles. The molecule has 3 rings (SSSR count). The minimum atomic E-state index is -0.503. The Balaban J connectivity index is 1.80. The fraction of sp³-hybridized carbons (Fsp3) is 0.200. The minimum absolute atomic E-state index is 0.0735. The van der Waals surface area contributed by atoms with Crippen LogP contribution in [-0.4, -0.2) is 6.61 Å². The molecule has 0 saturated carbocycles. The van der Waals surface area contributed by atoms with Crippen LogP contribution in [0.15, 0.2) is 30.3 Å². The third kappa shape index (κ3) is 2.69. The van der Waals surface area contributed by atoms with Gasteiger partial charge in [0.15, 0.2) is 0 Å². The van der Waals surface area contributed by atoms with Gasteiger partial charge in [-0.05, 0) is 29.8 Å². The molecule has 2 aromatic rings. The van der Waals surface area contributed by atoms with Gasteiger partial charge in [0.05, 0.1) is 11.6 Å². The van der Waals surface area contributed by atoms with Crippen LogP contribution in [0.5, 0.6) is 11.5 Å². The highest BCUT2D eigenvalue weighted by Gasteiger charge is 2.18. The number of halogens is 3. The summed E-state index contributed by atoms with van der Waals surface area (Å²) in [5, 5.41) is 0.722. The first-order chi connectivity index (χ1) is 9.63. The SMILES string of the molecule is Fc1cc(OCc2cc(Cl)cc3c2OCC3)ccc1Cl. The highest BCUT2D eigenvalue weighted by atomic mass is 35.5. The zero-order chi connectivity index (χ0) is 14.1. The van der Waals surface area contributed by atoms with Crippen LogP contribution < -0.4 is 9.47 Å². The molecule has 0 saturated heterocycles. The fourth-order valence-corrected chi connectivity index (χ4v) is 2.56. The van der Waals surface area contributed by atoms with E-state index in [0.717, 1.165) is 23.3 Å². The Labute approximate surface area is 126 Å². The highest BCUT2D eigenvalue weighted by Crippen LogP contribution is 2.33. The summed E-state index contributed by atoms with van der Waals surface area (Å²) in [5.41, 5.74) is 1.94. The monoisotopic (exact) mass is 312 g/mol. The third-order valence-electron chi connectivity index (χ3n) is 3.11. The van der Waals surface area contributed by atoms with Crippen molar-refractivity contribution in [3.05, 3.63) is 57.3 Å². The van der Waals surface area contributed by atoms with Gasteiger partial charge in [0, 0.05) is 23.1 Å². The molecule has 0 atom stereocenters. The van der Waals surface area contributed by atoms with E-state index < -0.39 is 5.82 Å². The van der Waals surface area contributed by atoms with Gasteiger partial charge in [-0.25, -0.2) is 4.39 Å². The van der Waals surface area contributed by atoms with Crippen LogP contribution in [0.25, 0.3) is 0 Å². The van der Waals surface area contributed by atoms with E-state index in [-0.39, 0.29) is 11.6 Å². The van der Waals surface area contributed by atoms with E-state index in [9.17, 15) is 4.39 Å². The number of ether oxygens (including phenoxy) is 2. The topological polar surface area (TPSA) is 18.5 Å². The van der Waals surface area contributed by atoms with Gasteiger partial charge in [0.2, 0.25) is 0 Å². The lowest BCUT2D eigenvalue weighted by Gasteiger charge is -2.11. The largest absolute Gasteiger partial charge is 0.493 e. The van der Waals surface area contributed by atoms with Crippen molar-refractivity contribution >= 4 is 23.2 Å². The summed E-state index contributed by atoms with van der Waals surface area (Å²) in [6, 6.07) is 8.05. The van der Waals surface area contributed by atoms with Gasteiger partial charge in [-0.15, -0.1) is 0 Å². The molecule has 0 spiro atoms. The van der Waals surface area contributed by atoms with Crippen LogP contribution in [0.2, 0.25) is 10.0 Å². The van der Waals surface area contributed by atoms with E-state index in [1.54, 1.807) is 12.1 Å². The molecule has 104 valence electrons. The van der Waals surface area contributed by atoms with Crippen molar-refractivity contribution in [1.82, 2.24) is 0 Å². The van der Waals surface area contributed by atoms with Crippen LogP contribution in [0.4, 0.5) is 4.39 Å². The molecule has 0 amide bonds. The van der Waals surface area contributed by atoms with Crippen molar-refractivity contribution in [3.63, 3.8) is 0 Å². The number of hydrogen-bond donors (Lipinski definition) is 0. The second-order valence-corrected chi connectivity index (χ2v) is 5.36. The lowest BCUT2D eigenvalue weighted by molar-refractivity contribution is 0.290. The summed E-state index contributed by atoms with van der Waals surface area (Å²) in [5.74, 6) is 0.735. The average molecular weight is 313 g/mol. The van der Waals surface area contributed by atoms with Crippen molar-refractivity contribution in [3.8, 4) is 11.5 Å². The third-order valence-corrected chi connectivity index (χ3v) is 3.64. The molecule has 1 aliphatic heterocycles. The lowest BCUT2D eigenvalue weighted by Crippen LogP contribution is -1.99. The Morgan fingerprint density at radius 2 is 2.05 bits per heavy atom. The maximum atomic E-state index is 13.3. The van der Waals surface area contributed by atoms with Crippen molar-refractivity contribution in [2.45, 2.75) is 13.0 Å². The van der Waals surface area contributed by atoms with E-state index in [4.69, 9.17) is 32.7 Å². The first-order valence-corrected chi connectivity index (χ1v) is 6.91. The zero-order valence-electron chi connectivity index (χ0n) is 10.5. The molecule has 1 heterocycles. The standard InChI is InChI=1S/C15H11Cl2FO2/c16-11-5-9-3-4-19-15(9)10(6-11)8-20-12-1-2-13(17)14(18)7-12/h1-2,5-7H,3-4,8H2. The van der Waals surface area contributed by atoms with Crippen LogP contribution >= 0.6 is 23.2 Å². The number of benzene rings is 2. The van der Waals surface area contributed by atoms with E-state index in [2.05, 4.69) is 0 Å². The molecule has 0 N–H and O–H groups in total. The Kier molecular flexibility index (Phi) is 3.72. The summed E-state index contributed by atoms with van der Waals surface area (Å²) < 4.78 is 24.5. The summed E-state index contributed by atoms with van der Waals surface area (Å²) in [7, 11) is 0. The molecule has 2 aromatic carbocycles. The van der Waals surface area contributed by atoms with E-state index in [1.807, 2.05) is 6.07 Å². The molecule has 0 unspecified atom stereocenters. The summed E-state index contributed by atoms with van der Waals surface area (Å²) in [6.07, 6.45) is 0.846. The summed E-state index contributed by atoms with van der Waals surface area (Å²) in [4.78, 5) is 0. The van der Waals surface area contributed by atoms with Gasteiger partial charge in [-0.2, -0.15) is 0 Å². The smallest absolute Gasteiger partial charge is 0.145 e. The predicted molar refractivity (Wildman–Crippen MR) is 76.4 cm³/mol. The maximum Gasteiger partial charge on any atom is 0.145 e. The number of hydrogen-bond acceptors (Lipinski definition) is 2. The van der Waals surface area contributed by atoms with Gasteiger partial charge in [0.25, 0.3) is 0 Å². The molecule has 0 fully saturated rings. The summed E-state index contributed by atoms with van der Waals surface area (Å²) >= 11 is 11.7.